The maximum atomic E-state index is 3.89. The molecule has 14 heavy (non-hydrogen) atoms. The van der Waals surface area contributed by atoms with Crippen LogP contribution in [-0.4, -0.2) is 26.4 Å². The van der Waals surface area contributed by atoms with Crippen LogP contribution in [0.1, 0.15) is 5.82 Å². The molecular weight excluding hydrogens is 196 g/mol. The average Bonchev–Trinajstić information content (AvgIpc) is 2.72. The Labute approximate surface area is 86.1 Å². The molecule has 1 heterocycles. The molecule has 0 amide bonds. The van der Waals surface area contributed by atoms with Crippen molar-refractivity contribution in [2.45, 2.75) is 11.3 Å². The highest BCUT2D eigenvalue weighted by Gasteiger charge is 1.98. The molecule has 72 valence electrons. The van der Waals surface area contributed by atoms with Crippen LogP contribution >= 0.6 is 11.8 Å². The summed E-state index contributed by atoms with van der Waals surface area (Å²) < 4.78 is 0. The van der Waals surface area contributed by atoms with E-state index >= 15 is 0 Å². The van der Waals surface area contributed by atoms with E-state index in [1.165, 1.54) is 4.90 Å². The highest BCUT2D eigenvalue weighted by Crippen LogP contribution is 2.17. The topological polar surface area (TPSA) is 54.5 Å². The molecule has 1 aromatic carbocycles. The van der Waals surface area contributed by atoms with Gasteiger partial charge in [-0.3, -0.25) is 0 Å². The minimum atomic E-state index is 0.772. The number of aromatic nitrogens is 4. The maximum Gasteiger partial charge on any atom is 0.175 e. The molecule has 4 nitrogen and oxygen atoms in total. The van der Waals surface area contributed by atoms with Crippen LogP contribution < -0.4 is 0 Å². The molecule has 1 aromatic heterocycles. The molecule has 0 aliphatic rings. The minimum Gasteiger partial charge on any atom is -0.177 e. The van der Waals surface area contributed by atoms with E-state index in [4.69, 9.17) is 0 Å². The number of nitrogens with zero attached hydrogens (tertiary/aromatic N) is 3. The summed E-state index contributed by atoms with van der Waals surface area (Å²) in [5.41, 5.74) is 0. The number of nitrogens with one attached hydrogen (secondary N) is 1. The zero-order chi connectivity index (χ0) is 9.64. The van der Waals surface area contributed by atoms with Gasteiger partial charge < -0.3 is 0 Å². The van der Waals surface area contributed by atoms with Gasteiger partial charge in [0.2, 0.25) is 0 Å². The summed E-state index contributed by atoms with van der Waals surface area (Å²) in [7, 11) is 0. The number of hydrogen-bond donors (Lipinski definition) is 1. The van der Waals surface area contributed by atoms with E-state index in [9.17, 15) is 0 Å². The zero-order valence-electron chi connectivity index (χ0n) is 7.55. The lowest BCUT2D eigenvalue weighted by atomic mass is 10.4. The van der Waals surface area contributed by atoms with E-state index in [-0.39, 0.29) is 0 Å². The predicted molar refractivity (Wildman–Crippen MR) is 55.0 cm³/mol. The van der Waals surface area contributed by atoms with Crippen LogP contribution in [0.5, 0.6) is 0 Å². The van der Waals surface area contributed by atoms with Gasteiger partial charge >= 0.3 is 0 Å². The molecule has 0 fully saturated rings. The maximum absolute atomic E-state index is 3.89. The van der Waals surface area contributed by atoms with Gasteiger partial charge in [0.25, 0.3) is 0 Å². The highest BCUT2D eigenvalue weighted by atomic mass is 32.2. The molecule has 0 atom stereocenters. The second-order valence-corrected chi connectivity index (χ2v) is 3.91. The fourth-order valence-corrected chi connectivity index (χ4v) is 1.94. The van der Waals surface area contributed by atoms with Crippen LogP contribution in [0.4, 0.5) is 0 Å². The van der Waals surface area contributed by atoms with Crippen molar-refractivity contribution in [2.24, 2.45) is 0 Å². The molecule has 0 saturated carbocycles. The number of tetrazole rings is 1. The Bertz CT molecular complexity index is 360. The molecule has 0 spiro atoms. The first kappa shape index (κ1) is 9.21. The smallest absolute Gasteiger partial charge is 0.175 e. The van der Waals surface area contributed by atoms with Crippen LogP contribution in [0, 0.1) is 0 Å². The van der Waals surface area contributed by atoms with Gasteiger partial charge in [-0.05, 0) is 12.1 Å². The van der Waals surface area contributed by atoms with Crippen LogP contribution in [0.3, 0.4) is 0 Å². The number of aryl methyl sites for hydroxylation is 1. The number of rotatable bonds is 4. The largest absolute Gasteiger partial charge is 0.177 e. The quantitative estimate of drug-likeness (QED) is 0.771. The first-order chi connectivity index (χ1) is 6.95. The van der Waals surface area contributed by atoms with E-state index in [0.717, 1.165) is 18.0 Å². The van der Waals surface area contributed by atoms with Gasteiger partial charge in [-0.15, -0.1) is 22.0 Å². The normalized spacial score (nSPS) is 10.3. The van der Waals surface area contributed by atoms with E-state index in [1.807, 2.05) is 18.2 Å². The summed E-state index contributed by atoms with van der Waals surface area (Å²) >= 11 is 1.80. The van der Waals surface area contributed by atoms with Gasteiger partial charge in [-0.25, -0.2) is 0 Å². The molecule has 5 heteroatoms. The highest BCUT2D eigenvalue weighted by molar-refractivity contribution is 7.99. The molecule has 0 radical (unpaired) electrons. The first-order valence-corrected chi connectivity index (χ1v) is 5.34. The lowest BCUT2D eigenvalue weighted by Gasteiger charge is -1.97. The molecular formula is C9H10N4S. The standard InChI is InChI=1S/C9H10N4S/c1-2-4-8(5-3-1)14-7-6-9-10-12-13-11-9/h1-5H,6-7H2,(H,10,11,12,13). The second-order valence-electron chi connectivity index (χ2n) is 2.74. The average molecular weight is 206 g/mol. The van der Waals surface area contributed by atoms with E-state index in [2.05, 4.69) is 32.8 Å². The summed E-state index contributed by atoms with van der Waals surface area (Å²) in [4.78, 5) is 1.27. The van der Waals surface area contributed by atoms with E-state index in [1.54, 1.807) is 11.8 Å². The number of H-pyrrole nitrogens is 1. The summed E-state index contributed by atoms with van der Waals surface area (Å²) in [6, 6.07) is 10.3. The number of hydrogen-bond acceptors (Lipinski definition) is 4. The SMILES string of the molecule is c1ccc(SCCc2nn[nH]n2)cc1. The third-order valence-corrected chi connectivity index (χ3v) is 2.74. The minimum absolute atomic E-state index is 0.772. The Hall–Kier alpha value is -1.36. The Morgan fingerprint density at radius 3 is 2.79 bits per heavy atom. The fraction of sp³-hybridized carbons (Fsp3) is 0.222. The van der Waals surface area contributed by atoms with Gasteiger partial charge in [-0.1, -0.05) is 23.4 Å². The lowest BCUT2D eigenvalue weighted by molar-refractivity contribution is 0.881. The number of thioether (sulfide) groups is 1. The van der Waals surface area contributed by atoms with Crippen LogP contribution in [0.2, 0.25) is 0 Å². The van der Waals surface area contributed by atoms with E-state index in [0.29, 0.717) is 0 Å². The Balaban J connectivity index is 1.79. The molecule has 2 rings (SSSR count). The van der Waals surface area contributed by atoms with Crippen molar-refractivity contribution < 1.29 is 0 Å². The van der Waals surface area contributed by atoms with Crippen LogP contribution in [0.15, 0.2) is 35.2 Å². The number of aromatic amines is 1. The molecule has 0 bridgehead atoms. The van der Waals surface area contributed by atoms with Gasteiger partial charge in [0, 0.05) is 17.1 Å². The van der Waals surface area contributed by atoms with Crippen molar-refractivity contribution >= 4 is 11.8 Å². The van der Waals surface area contributed by atoms with Gasteiger partial charge in [-0.2, -0.15) is 5.21 Å². The molecule has 2 aromatic rings. The lowest BCUT2D eigenvalue weighted by Crippen LogP contribution is -1.91. The van der Waals surface area contributed by atoms with Crippen molar-refractivity contribution in [2.75, 3.05) is 5.75 Å². The van der Waals surface area contributed by atoms with Gasteiger partial charge in [0.1, 0.15) is 0 Å². The predicted octanol–water partition coefficient (Wildman–Crippen LogP) is 1.53. The van der Waals surface area contributed by atoms with Crippen molar-refractivity contribution in [3.05, 3.63) is 36.2 Å². The van der Waals surface area contributed by atoms with Gasteiger partial charge in [0.15, 0.2) is 5.82 Å². The third-order valence-electron chi connectivity index (χ3n) is 1.73. The third kappa shape index (κ3) is 2.56. The summed E-state index contributed by atoms with van der Waals surface area (Å²) in [5, 5.41) is 13.7. The van der Waals surface area contributed by atoms with Crippen molar-refractivity contribution in [1.82, 2.24) is 20.6 Å². The van der Waals surface area contributed by atoms with E-state index < -0.39 is 0 Å². The monoisotopic (exact) mass is 206 g/mol. The molecule has 0 aliphatic heterocycles. The molecule has 1 N–H and O–H groups in total. The van der Waals surface area contributed by atoms with Crippen molar-refractivity contribution in [1.29, 1.82) is 0 Å². The molecule has 0 saturated heterocycles. The Morgan fingerprint density at radius 1 is 1.21 bits per heavy atom. The number of benzene rings is 1. The second kappa shape index (κ2) is 4.76. The van der Waals surface area contributed by atoms with Crippen molar-refractivity contribution in [3.8, 4) is 0 Å². The summed E-state index contributed by atoms with van der Waals surface area (Å²) in [6.07, 6.45) is 0.843. The zero-order valence-corrected chi connectivity index (χ0v) is 8.37. The molecule has 0 aliphatic carbocycles. The Kier molecular flexibility index (Phi) is 3.13. The van der Waals surface area contributed by atoms with Crippen LogP contribution in [-0.2, 0) is 6.42 Å². The first-order valence-electron chi connectivity index (χ1n) is 4.35. The fourth-order valence-electron chi connectivity index (χ4n) is 1.07. The summed E-state index contributed by atoms with van der Waals surface area (Å²) in [5.74, 6) is 1.75. The van der Waals surface area contributed by atoms with Crippen LogP contribution in [0.25, 0.3) is 0 Å². The Morgan fingerprint density at radius 2 is 2.07 bits per heavy atom. The van der Waals surface area contributed by atoms with Crippen molar-refractivity contribution in [3.63, 3.8) is 0 Å². The van der Waals surface area contributed by atoms with Gasteiger partial charge in [0.05, 0.1) is 0 Å². The molecule has 0 unspecified atom stereocenters. The summed E-state index contributed by atoms with van der Waals surface area (Å²) in [6.45, 7) is 0.